The molecule has 0 saturated carbocycles. The number of ether oxygens (including phenoxy) is 1. The number of aryl methyl sites for hydroxylation is 1. The van der Waals surface area contributed by atoms with Gasteiger partial charge in [0.15, 0.2) is 0 Å². The number of hydrogen-bond donors (Lipinski definition) is 1. The van der Waals surface area contributed by atoms with Crippen molar-refractivity contribution in [1.29, 1.82) is 0 Å². The molecule has 0 fully saturated rings. The highest BCUT2D eigenvalue weighted by Gasteiger charge is 2.13. The highest BCUT2D eigenvalue weighted by Crippen LogP contribution is 2.30. The van der Waals surface area contributed by atoms with Crippen LogP contribution in [0.4, 0.5) is 0 Å². The molecule has 1 aromatic heterocycles. The molecule has 0 amide bonds. The lowest BCUT2D eigenvalue weighted by Gasteiger charge is -2.09. The maximum atomic E-state index is 12.6. The van der Waals surface area contributed by atoms with Crippen molar-refractivity contribution < 1.29 is 24.2 Å². The Labute approximate surface area is 154 Å². The predicted octanol–water partition coefficient (Wildman–Crippen LogP) is 3.72. The largest absolute Gasteiger partial charge is 0.507 e. The average molecular weight is 373 g/mol. The first-order valence-electron chi connectivity index (χ1n) is 8.56. The molecule has 0 spiro atoms. The predicted molar refractivity (Wildman–Crippen MR) is 98.7 cm³/mol. The summed E-state index contributed by atoms with van der Waals surface area (Å²) < 4.78 is 11.4. The summed E-state index contributed by atoms with van der Waals surface area (Å²) in [7, 11) is 0. The Kier molecular flexibility index (Phi) is 5.44. The van der Waals surface area contributed by atoms with Crippen LogP contribution in [0, 0.1) is 17.0 Å². The van der Waals surface area contributed by atoms with Crippen molar-refractivity contribution in [3.63, 3.8) is 0 Å². The van der Waals surface area contributed by atoms with Crippen LogP contribution < -0.4 is 10.2 Å². The monoisotopic (exact) mass is 373 g/mol. The van der Waals surface area contributed by atoms with Crippen LogP contribution in [0.2, 0.25) is 0 Å². The maximum absolute atomic E-state index is 12.6. The average Bonchev–Trinajstić information content (AvgIpc) is 2.60. The molecule has 0 aliphatic carbocycles. The molecule has 8 nitrogen and oxygen atoms in total. The van der Waals surface area contributed by atoms with Gasteiger partial charge in [-0.1, -0.05) is 6.07 Å². The number of fused-ring (bicyclic) bond motifs is 2. The van der Waals surface area contributed by atoms with Crippen LogP contribution in [-0.4, -0.2) is 23.4 Å². The van der Waals surface area contributed by atoms with Gasteiger partial charge in [-0.25, -0.2) is 0 Å². The van der Waals surface area contributed by atoms with Crippen molar-refractivity contribution >= 4 is 21.9 Å². The Bertz CT molecular complexity index is 1040. The minimum atomic E-state index is -0.812. The number of nitrogens with zero attached hydrogens (tertiary/aromatic N) is 1. The Balaban J connectivity index is 1.73. The highest BCUT2D eigenvalue weighted by molar-refractivity contribution is 5.93. The summed E-state index contributed by atoms with van der Waals surface area (Å²) >= 11 is 0. The number of hydrogen-bond acceptors (Lipinski definition) is 7. The molecule has 27 heavy (non-hydrogen) atoms. The Morgan fingerprint density at radius 2 is 1.89 bits per heavy atom. The standard InChI is InChI=1S/C19H19NO7/c1-12-5-6-14-16(9-12)27-17-11-13(10-15(21)18(17)19(14)22)25-7-3-2-4-8-26-20(23)24/h5-6,9-11,21H,2-4,7-8H2,1H3. The first-order valence-corrected chi connectivity index (χ1v) is 8.56. The summed E-state index contributed by atoms with van der Waals surface area (Å²) in [5.41, 5.74) is 1.38. The molecule has 0 saturated heterocycles. The molecule has 142 valence electrons. The maximum Gasteiger partial charge on any atom is 0.294 e. The van der Waals surface area contributed by atoms with Gasteiger partial charge >= 0.3 is 0 Å². The second kappa shape index (κ2) is 7.94. The first kappa shape index (κ1) is 18.5. The summed E-state index contributed by atoms with van der Waals surface area (Å²) in [5.74, 6) is 0.190. The zero-order chi connectivity index (χ0) is 19.4. The molecule has 0 aliphatic rings. The second-order valence-corrected chi connectivity index (χ2v) is 6.21. The third-order valence-electron chi connectivity index (χ3n) is 4.14. The number of phenols is 1. The SMILES string of the molecule is Cc1ccc2c(=O)c3c(O)cc(OCCCCCO[N+](=O)[O-])cc3oc2c1. The highest BCUT2D eigenvalue weighted by atomic mass is 16.9. The number of aromatic hydroxyl groups is 1. The van der Waals surface area contributed by atoms with Gasteiger partial charge in [0, 0.05) is 12.1 Å². The summed E-state index contributed by atoms with van der Waals surface area (Å²) in [6.45, 7) is 2.32. The van der Waals surface area contributed by atoms with E-state index in [-0.39, 0.29) is 28.8 Å². The van der Waals surface area contributed by atoms with Crippen molar-refractivity contribution in [2.24, 2.45) is 0 Å². The molecule has 0 bridgehead atoms. The number of phenolic OH excluding ortho intramolecular Hbond substituents is 1. The van der Waals surface area contributed by atoms with Crippen LogP contribution in [-0.2, 0) is 4.84 Å². The van der Waals surface area contributed by atoms with Crippen LogP contribution in [0.3, 0.4) is 0 Å². The molecular formula is C19H19NO7. The van der Waals surface area contributed by atoms with E-state index in [1.54, 1.807) is 18.2 Å². The van der Waals surface area contributed by atoms with E-state index in [0.29, 0.717) is 42.6 Å². The molecule has 0 atom stereocenters. The lowest BCUT2D eigenvalue weighted by Crippen LogP contribution is -2.04. The summed E-state index contributed by atoms with van der Waals surface area (Å²) in [6, 6.07) is 8.23. The normalized spacial score (nSPS) is 11.0. The van der Waals surface area contributed by atoms with Crippen LogP contribution >= 0.6 is 0 Å². The molecule has 0 aliphatic heterocycles. The number of unbranched alkanes of at least 4 members (excludes halogenated alkanes) is 2. The van der Waals surface area contributed by atoms with Gasteiger partial charge in [-0.15, -0.1) is 10.1 Å². The zero-order valence-electron chi connectivity index (χ0n) is 14.8. The van der Waals surface area contributed by atoms with Crippen molar-refractivity contribution in [3.05, 3.63) is 56.2 Å². The summed E-state index contributed by atoms with van der Waals surface area (Å²) in [5, 5.41) is 20.0. The molecule has 0 unspecified atom stereocenters. The molecular weight excluding hydrogens is 354 g/mol. The quantitative estimate of drug-likeness (QED) is 0.277. The molecule has 0 radical (unpaired) electrons. The van der Waals surface area contributed by atoms with Crippen LogP contribution in [0.15, 0.2) is 39.5 Å². The number of rotatable bonds is 8. The molecule has 3 rings (SSSR count). The molecule has 1 N–H and O–H groups in total. The van der Waals surface area contributed by atoms with Crippen molar-refractivity contribution in [2.45, 2.75) is 26.2 Å². The summed E-state index contributed by atoms with van der Waals surface area (Å²) in [6.07, 6.45) is 1.92. The van der Waals surface area contributed by atoms with Gasteiger partial charge in [-0.3, -0.25) is 4.79 Å². The van der Waals surface area contributed by atoms with Gasteiger partial charge < -0.3 is 19.1 Å². The first-order chi connectivity index (χ1) is 13.0. The van der Waals surface area contributed by atoms with Gasteiger partial charge in [-0.05, 0) is 43.9 Å². The van der Waals surface area contributed by atoms with E-state index in [0.717, 1.165) is 5.56 Å². The van der Waals surface area contributed by atoms with Crippen LogP contribution in [0.1, 0.15) is 24.8 Å². The van der Waals surface area contributed by atoms with Crippen molar-refractivity contribution in [3.8, 4) is 11.5 Å². The van der Waals surface area contributed by atoms with Crippen molar-refractivity contribution in [2.75, 3.05) is 13.2 Å². The van der Waals surface area contributed by atoms with E-state index < -0.39 is 5.09 Å². The van der Waals surface area contributed by atoms with Crippen LogP contribution in [0.5, 0.6) is 11.5 Å². The molecule has 8 heteroatoms. The Morgan fingerprint density at radius 3 is 2.67 bits per heavy atom. The minimum Gasteiger partial charge on any atom is -0.507 e. The van der Waals surface area contributed by atoms with Gasteiger partial charge in [-0.2, -0.15) is 0 Å². The van der Waals surface area contributed by atoms with E-state index in [1.165, 1.54) is 6.07 Å². The van der Waals surface area contributed by atoms with Gasteiger partial charge in [0.05, 0.1) is 18.6 Å². The van der Waals surface area contributed by atoms with E-state index >= 15 is 0 Å². The number of benzene rings is 2. The molecule has 3 aromatic rings. The lowest BCUT2D eigenvalue weighted by molar-refractivity contribution is -0.757. The van der Waals surface area contributed by atoms with Gasteiger partial charge in [0.25, 0.3) is 5.09 Å². The fourth-order valence-electron chi connectivity index (χ4n) is 2.83. The van der Waals surface area contributed by atoms with E-state index in [4.69, 9.17) is 9.15 Å². The summed E-state index contributed by atoms with van der Waals surface area (Å²) in [4.78, 5) is 26.9. The lowest BCUT2D eigenvalue weighted by atomic mass is 10.1. The molecule has 1 heterocycles. The van der Waals surface area contributed by atoms with E-state index in [9.17, 15) is 20.0 Å². The minimum absolute atomic E-state index is 0.0570. The third kappa shape index (κ3) is 4.28. The van der Waals surface area contributed by atoms with Gasteiger partial charge in [0.2, 0.25) is 5.43 Å². The van der Waals surface area contributed by atoms with Crippen LogP contribution in [0.25, 0.3) is 21.9 Å². The fourth-order valence-corrected chi connectivity index (χ4v) is 2.83. The zero-order valence-corrected chi connectivity index (χ0v) is 14.8. The molecule has 2 aromatic carbocycles. The smallest absolute Gasteiger partial charge is 0.294 e. The van der Waals surface area contributed by atoms with E-state index in [2.05, 4.69) is 4.84 Å². The van der Waals surface area contributed by atoms with Gasteiger partial charge in [0.1, 0.15) is 28.1 Å². The Hall–Kier alpha value is -3.29. The van der Waals surface area contributed by atoms with E-state index in [1.807, 2.05) is 13.0 Å². The third-order valence-corrected chi connectivity index (χ3v) is 4.14. The van der Waals surface area contributed by atoms with Crippen molar-refractivity contribution in [1.82, 2.24) is 0 Å². The second-order valence-electron chi connectivity index (χ2n) is 6.21. The topological polar surface area (TPSA) is 112 Å². The Morgan fingerprint density at radius 1 is 1.11 bits per heavy atom. The fraction of sp³-hybridized carbons (Fsp3) is 0.316.